The lowest BCUT2D eigenvalue weighted by Crippen LogP contribution is -2.14. The van der Waals surface area contributed by atoms with Crippen molar-refractivity contribution in [1.29, 1.82) is 5.26 Å². The number of hydrogen-bond acceptors (Lipinski definition) is 5. The van der Waals surface area contributed by atoms with Gasteiger partial charge < -0.3 is 4.98 Å². The van der Waals surface area contributed by atoms with E-state index in [9.17, 15) is 23.2 Å². The third-order valence-electron chi connectivity index (χ3n) is 3.74. The van der Waals surface area contributed by atoms with Gasteiger partial charge in [-0.1, -0.05) is 36.0 Å². The van der Waals surface area contributed by atoms with Gasteiger partial charge in [-0.05, 0) is 18.4 Å². The Balaban J connectivity index is 2.04. The molecule has 0 bridgehead atoms. The van der Waals surface area contributed by atoms with Gasteiger partial charge in [0.1, 0.15) is 11.6 Å². The number of nitriles is 1. The Morgan fingerprint density at radius 1 is 1.15 bits per heavy atom. The van der Waals surface area contributed by atoms with Gasteiger partial charge in [0.15, 0.2) is 5.16 Å². The highest BCUT2D eigenvalue weighted by Crippen LogP contribution is 2.31. The molecule has 0 saturated heterocycles. The molecule has 0 spiro atoms. The van der Waals surface area contributed by atoms with Crippen molar-refractivity contribution in [2.75, 3.05) is 6.26 Å². The molecule has 1 aromatic carbocycles. The number of nitrogens with zero attached hydrogens (tertiary/aromatic N) is 3. The second-order valence-electron chi connectivity index (χ2n) is 5.42. The molecule has 0 aliphatic carbocycles. The molecule has 5 nitrogen and oxygen atoms in total. The monoisotopic (exact) mass is 388 g/mol. The number of alkyl halides is 3. The maximum atomic E-state index is 12.9. The van der Waals surface area contributed by atoms with Crippen molar-refractivity contribution in [1.82, 2.24) is 15.0 Å². The third kappa shape index (κ3) is 3.85. The smallest absolute Gasteiger partial charge is 0.300 e. The minimum Gasteiger partial charge on any atom is -0.300 e. The molecule has 3 aromatic rings. The summed E-state index contributed by atoms with van der Waals surface area (Å²) in [5.74, 6) is 0. The predicted molar refractivity (Wildman–Crippen MR) is 95.0 cm³/mol. The summed E-state index contributed by atoms with van der Waals surface area (Å²) < 4.78 is 38.6. The number of H-pyrrole nitrogens is 1. The first-order valence-corrected chi connectivity index (χ1v) is 8.78. The van der Waals surface area contributed by atoms with Crippen LogP contribution in [0, 0.1) is 11.3 Å². The molecule has 0 saturated carbocycles. The van der Waals surface area contributed by atoms with Crippen molar-refractivity contribution in [3.05, 3.63) is 64.1 Å². The highest BCUT2D eigenvalue weighted by molar-refractivity contribution is 7.98. The summed E-state index contributed by atoms with van der Waals surface area (Å²) in [4.78, 5) is 22.7. The predicted octanol–water partition coefficient (Wildman–Crippen LogP) is 4.11. The van der Waals surface area contributed by atoms with Gasteiger partial charge in [0.2, 0.25) is 0 Å². The quantitative estimate of drug-likeness (QED) is 0.539. The molecule has 27 heavy (non-hydrogen) atoms. The molecule has 0 fully saturated rings. The zero-order valence-electron chi connectivity index (χ0n) is 13.8. The number of thioether (sulfide) groups is 1. The molecule has 0 aliphatic rings. The van der Waals surface area contributed by atoms with Crippen LogP contribution in [0.15, 0.2) is 52.5 Å². The molecule has 0 amide bonds. The molecule has 0 radical (unpaired) electrons. The second kappa shape index (κ2) is 7.25. The lowest BCUT2D eigenvalue weighted by Gasteiger charge is -2.09. The summed E-state index contributed by atoms with van der Waals surface area (Å²) in [5.41, 5.74) is -0.103. The van der Waals surface area contributed by atoms with Crippen LogP contribution in [0.2, 0.25) is 0 Å². The van der Waals surface area contributed by atoms with Crippen molar-refractivity contribution in [3.8, 4) is 28.6 Å². The Hall–Kier alpha value is -3.12. The largest absolute Gasteiger partial charge is 0.416 e. The molecule has 3 rings (SSSR count). The van der Waals surface area contributed by atoms with Crippen LogP contribution in [0.3, 0.4) is 0 Å². The maximum absolute atomic E-state index is 12.9. The van der Waals surface area contributed by atoms with Crippen LogP contribution in [0.25, 0.3) is 22.5 Å². The van der Waals surface area contributed by atoms with Gasteiger partial charge in [-0.25, -0.2) is 4.98 Å². The van der Waals surface area contributed by atoms with Crippen LogP contribution < -0.4 is 5.56 Å². The van der Waals surface area contributed by atoms with E-state index in [1.165, 1.54) is 11.8 Å². The van der Waals surface area contributed by atoms with E-state index < -0.39 is 17.3 Å². The molecule has 0 unspecified atom stereocenters. The Labute approximate surface area is 155 Å². The average molecular weight is 388 g/mol. The molecular formula is C18H11F3N4OS. The Morgan fingerprint density at radius 2 is 1.81 bits per heavy atom. The van der Waals surface area contributed by atoms with Gasteiger partial charge in [0.05, 0.1) is 17.0 Å². The fourth-order valence-electron chi connectivity index (χ4n) is 2.43. The van der Waals surface area contributed by atoms with E-state index in [2.05, 4.69) is 15.0 Å². The van der Waals surface area contributed by atoms with Crippen molar-refractivity contribution in [3.63, 3.8) is 0 Å². The van der Waals surface area contributed by atoms with Crippen molar-refractivity contribution >= 4 is 11.8 Å². The molecule has 0 aliphatic heterocycles. The second-order valence-corrected chi connectivity index (χ2v) is 6.21. The highest BCUT2D eigenvalue weighted by atomic mass is 32.2. The summed E-state index contributed by atoms with van der Waals surface area (Å²) in [6, 6.07) is 10.0. The average Bonchev–Trinajstić information content (AvgIpc) is 2.67. The summed E-state index contributed by atoms with van der Waals surface area (Å²) in [6.07, 6.45) is -1.62. The third-order valence-corrected chi connectivity index (χ3v) is 4.32. The van der Waals surface area contributed by atoms with Gasteiger partial charge in [0, 0.05) is 17.3 Å². The first kappa shape index (κ1) is 18.7. The Bertz CT molecular complexity index is 1090. The zero-order valence-corrected chi connectivity index (χ0v) is 14.6. The van der Waals surface area contributed by atoms with Gasteiger partial charge >= 0.3 is 6.18 Å². The highest BCUT2D eigenvalue weighted by Gasteiger charge is 2.30. The standard InChI is InChI=1S/C18H11F3N4OS/c1-27-17-24-15(13(9-22)16(26)25-17)11-4-2-10(3-5-11)14-8-12(6-7-23-14)18(19,20)21/h2-8H,1H3,(H,24,25,26). The first-order valence-electron chi connectivity index (χ1n) is 7.56. The Kier molecular flexibility index (Phi) is 5.01. The fourth-order valence-corrected chi connectivity index (χ4v) is 2.80. The molecule has 9 heteroatoms. The van der Waals surface area contributed by atoms with Crippen molar-refractivity contribution < 1.29 is 13.2 Å². The van der Waals surface area contributed by atoms with E-state index in [0.29, 0.717) is 16.3 Å². The lowest BCUT2D eigenvalue weighted by atomic mass is 10.0. The number of hydrogen-bond donors (Lipinski definition) is 1. The summed E-state index contributed by atoms with van der Waals surface area (Å²) in [6.45, 7) is 0. The number of pyridine rings is 1. The van der Waals surface area contributed by atoms with Gasteiger partial charge in [-0.2, -0.15) is 18.4 Å². The van der Waals surface area contributed by atoms with Crippen LogP contribution in [-0.4, -0.2) is 21.2 Å². The van der Waals surface area contributed by atoms with Crippen LogP contribution in [0.4, 0.5) is 13.2 Å². The summed E-state index contributed by atoms with van der Waals surface area (Å²) >= 11 is 1.22. The SMILES string of the molecule is CSc1nc(-c2ccc(-c3cc(C(F)(F)F)ccn3)cc2)c(C#N)c(=O)[nH]1. The number of benzene rings is 1. The van der Waals surface area contributed by atoms with E-state index in [1.807, 2.05) is 6.07 Å². The minimum atomic E-state index is -4.46. The summed E-state index contributed by atoms with van der Waals surface area (Å²) in [7, 11) is 0. The molecular weight excluding hydrogens is 377 g/mol. The summed E-state index contributed by atoms with van der Waals surface area (Å²) in [5, 5.41) is 9.59. The van der Waals surface area contributed by atoms with E-state index in [0.717, 1.165) is 18.3 Å². The van der Waals surface area contributed by atoms with E-state index >= 15 is 0 Å². The topological polar surface area (TPSA) is 82.4 Å². The fraction of sp³-hybridized carbons (Fsp3) is 0.111. The van der Waals surface area contributed by atoms with E-state index in [4.69, 9.17) is 0 Å². The zero-order chi connectivity index (χ0) is 19.6. The minimum absolute atomic E-state index is 0.127. The van der Waals surface area contributed by atoms with E-state index in [1.54, 1.807) is 30.5 Å². The molecule has 2 aromatic heterocycles. The first-order chi connectivity index (χ1) is 12.8. The van der Waals surface area contributed by atoms with Crippen LogP contribution in [0.1, 0.15) is 11.1 Å². The van der Waals surface area contributed by atoms with Gasteiger partial charge in [0.25, 0.3) is 5.56 Å². The Morgan fingerprint density at radius 3 is 2.41 bits per heavy atom. The molecule has 136 valence electrons. The number of rotatable bonds is 3. The maximum Gasteiger partial charge on any atom is 0.416 e. The molecule has 1 N–H and O–H groups in total. The number of aromatic nitrogens is 3. The number of nitrogens with one attached hydrogen (secondary N) is 1. The van der Waals surface area contributed by atoms with Crippen LogP contribution in [-0.2, 0) is 6.18 Å². The van der Waals surface area contributed by atoms with Gasteiger partial charge in [-0.15, -0.1) is 0 Å². The van der Waals surface area contributed by atoms with Gasteiger partial charge in [-0.3, -0.25) is 9.78 Å². The van der Waals surface area contributed by atoms with Crippen molar-refractivity contribution in [2.45, 2.75) is 11.3 Å². The normalized spacial score (nSPS) is 11.2. The van der Waals surface area contributed by atoms with Crippen LogP contribution in [0.5, 0.6) is 0 Å². The number of aromatic amines is 1. The molecule has 0 atom stereocenters. The van der Waals surface area contributed by atoms with Crippen LogP contribution >= 0.6 is 11.8 Å². The molecule has 2 heterocycles. The van der Waals surface area contributed by atoms with Crippen molar-refractivity contribution in [2.24, 2.45) is 0 Å². The van der Waals surface area contributed by atoms with E-state index in [-0.39, 0.29) is 17.0 Å². The lowest BCUT2D eigenvalue weighted by molar-refractivity contribution is -0.137. The number of halogens is 3.